The molecular weight excluding hydrogens is 317 g/mol. The van der Waals surface area contributed by atoms with Crippen molar-refractivity contribution in [3.05, 3.63) is 68.4 Å². The van der Waals surface area contributed by atoms with Crippen molar-refractivity contribution in [1.82, 2.24) is 0 Å². The Morgan fingerprint density at radius 2 is 2.00 bits per heavy atom. The summed E-state index contributed by atoms with van der Waals surface area (Å²) in [5, 5.41) is 0.453. The van der Waals surface area contributed by atoms with Crippen molar-refractivity contribution in [3.8, 4) is 0 Å². The fourth-order valence-corrected chi connectivity index (χ4v) is 2.31. The lowest BCUT2D eigenvalue weighted by molar-refractivity contribution is 0.599. The van der Waals surface area contributed by atoms with E-state index in [2.05, 4.69) is 15.9 Å². The van der Waals surface area contributed by atoms with Crippen LogP contribution >= 0.6 is 27.5 Å². The highest BCUT2D eigenvalue weighted by molar-refractivity contribution is 9.10. The van der Waals surface area contributed by atoms with Crippen LogP contribution in [-0.2, 0) is 0 Å². The molecule has 0 aliphatic rings. The maximum atomic E-state index is 13.9. The summed E-state index contributed by atoms with van der Waals surface area (Å²) in [4.78, 5) is 0. The van der Waals surface area contributed by atoms with E-state index in [1.165, 1.54) is 6.07 Å². The topological polar surface area (TPSA) is 26.0 Å². The van der Waals surface area contributed by atoms with Crippen molar-refractivity contribution in [2.75, 3.05) is 0 Å². The molecule has 1 unspecified atom stereocenters. The van der Waals surface area contributed by atoms with E-state index >= 15 is 0 Å². The van der Waals surface area contributed by atoms with Crippen molar-refractivity contribution >= 4 is 27.5 Å². The van der Waals surface area contributed by atoms with Gasteiger partial charge in [0.1, 0.15) is 5.82 Å². The van der Waals surface area contributed by atoms with E-state index in [1.807, 2.05) is 31.2 Å². The van der Waals surface area contributed by atoms with Crippen LogP contribution in [0.2, 0.25) is 5.02 Å². The summed E-state index contributed by atoms with van der Waals surface area (Å²) in [6.45, 7) is 1.97. The molecule has 0 spiro atoms. The number of hydrogen-bond acceptors (Lipinski definition) is 1. The van der Waals surface area contributed by atoms with Crippen LogP contribution in [0.3, 0.4) is 0 Å². The van der Waals surface area contributed by atoms with Crippen LogP contribution in [0.1, 0.15) is 22.7 Å². The average molecular weight is 329 g/mol. The van der Waals surface area contributed by atoms with Crippen molar-refractivity contribution < 1.29 is 4.39 Å². The van der Waals surface area contributed by atoms with E-state index < -0.39 is 6.04 Å². The van der Waals surface area contributed by atoms with Gasteiger partial charge in [-0.2, -0.15) is 0 Å². The van der Waals surface area contributed by atoms with Gasteiger partial charge in [-0.1, -0.05) is 41.4 Å². The first kappa shape index (κ1) is 13.5. The van der Waals surface area contributed by atoms with Crippen molar-refractivity contribution in [3.63, 3.8) is 0 Å². The maximum Gasteiger partial charge on any atom is 0.129 e. The summed E-state index contributed by atoms with van der Waals surface area (Å²) in [7, 11) is 0. The Morgan fingerprint density at radius 1 is 1.28 bits per heavy atom. The summed E-state index contributed by atoms with van der Waals surface area (Å²) in [5.74, 6) is -0.361. The van der Waals surface area contributed by atoms with Crippen LogP contribution in [-0.4, -0.2) is 0 Å². The molecule has 2 aromatic carbocycles. The van der Waals surface area contributed by atoms with Crippen LogP contribution in [0.5, 0.6) is 0 Å². The molecule has 0 fully saturated rings. The van der Waals surface area contributed by atoms with Crippen molar-refractivity contribution in [2.24, 2.45) is 5.73 Å². The zero-order chi connectivity index (χ0) is 13.3. The van der Waals surface area contributed by atoms with Gasteiger partial charge in [0.25, 0.3) is 0 Å². The minimum absolute atomic E-state index is 0.361. The molecule has 0 saturated carbocycles. The molecule has 0 saturated heterocycles. The summed E-state index contributed by atoms with van der Waals surface area (Å²) in [6.07, 6.45) is 0. The van der Waals surface area contributed by atoms with Crippen LogP contribution in [0.15, 0.2) is 40.9 Å². The van der Waals surface area contributed by atoms with Gasteiger partial charge >= 0.3 is 0 Å². The van der Waals surface area contributed by atoms with Gasteiger partial charge in [0, 0.05) is 10.0 Å². The monoisotopic (exact) mass is 327 g/mol. The fraction of sp³-hybridized carbons (Fsp3) is 0.143. The third-order valence-electron chi connectivity index (χ3n) is 2.78. The largest absolute Gasteiger partial charge is 0.320 e. The molecule has 94 valence electrons. The molecule has 18 heavy (non-hydrogen) atoms. The first-order chi connectivity index (χ1) is 8.49. The maximum absolute atomic E-state index is 13.9. The number of halogens is 3. The quantitative estimate of drug-likeness (QED) is 0.801. The molecule has 4 heteroatoms. The molecule has 0 bridgehead atoms. The second-order valence-electron chi connectivity index (χ2n) is 4.18. The summed E-state index contributed by atoms with van der Waals surface area (Å²) in [6, 6.07) is 10.1. The highest BCUT2D eigenvalue weighted by Gasteiger charge is 2.15. The predicted octanol–water partition coefficient (Wildman–Crippen LogP) is 4.60. The van der Waals surface area contributed by atoms with E-state index in [0.717, 1.165) is 11.1 Å². The zero-order valence-electron chi connectivity index (χ0n) is 9.75. The van der Waals surface area contributed by atoms with Gasteiger partial charge in [-0.05, 0) is 40.5 Å². The summed E-state index contributed by atoms with van der Waals surface area (Å²) < 4.78 is 14.4. The Bertz CT molecular complexity index is 586. The molecule has 0 aromatic heterocycles. The Hall–Kier alpha value is -0.900. The Morgan fingerprint density at radius 3 is 2.67 bits per heavy atom. The average Bonchev–Trinajstić information content (AvgIpc) is 2.33. The lowest BCUT2D eigenvalue weighted by Crippen LogP contribution is -2.13. The lowest BCUT2D eigenvalue weighted by Gasteiger charge is -2.15. The molecule has 0 aliphatic carbocycles. The van der Waals surface area contributed by atoms with Crippen molar-refractivity contribution in [2.45, 2.75) is 13.0 Å². The number of rotatable bonds is 2. The van der Waals surface area contributed by atoms with E-state index in [1.54, 1.807) is 6.07 Å². The Labute approximate surface area is 119 Å². The number of aryl methyl sites for hydroxylation is 1. The Kier molecular flexibility index (Phi) is 4.05. The van der Waals surface area contributed by atoms with Crippen LogP contribution < -0.4 is 5.73 Å². The van der Waals surface area contributed by atoms with Gasteiger partial charge in [-0.3, -0.25) is 0 Å². The first-order valence-corrected chi connectivity index (χ1v) is 6.62. The fourth-order valence-electron chi connectivity index (χ4n) is 1.82. The lowest BCUT2D eigenvalue weighted by atomic mass is 9.98. The van der Waals surface area contributed by atoms with Gasteiger partial charge in [-0.15, -0.1) is 0 Å². The number of nitrogens with two attached hydrogens (primary N) is 1. The zero-order valence-corrected chi connectivity index (χ0v) is 12.1. The SMILES string of the molecule is Cc1cccc(C(N)c2cc(Cl)c(Br)cc2F)c1. The molecule has 0 amide bonds. The molecule has 0 radical (unpaired) electrons. The highest BCUT2D eigenvalue weighted by atomic mass is 79.9. The van der Waals surface area contributed by atoms with Gasteiger partial charge in [0.2, 0.25) is 0 Å². The number of hydrogen-bond donors (Lipinski definition) is 1. The summed E-state index contributed by atoms with van der Waals surface area (Å²) >= 11 is 9.16. The van der Waals surface area contributed by atoms with Gasteiger partial charge in [-0.25, -0.2) is 4.39 Å². The van der Waals surface area contributed by atoms with Gasteiger partial charge in [0.05, 0.1) is 11.1 Å². The normalized spacial score (nSPS) is 12.5. The third kappa shape index (κ3) is 2.74. The second-order valence-corrected chi connectivity index (χ2v) is 5.44. The summed E-state index contributed by atoms with van der Waals surface area (Å²) in [5.41, 5.74) is 8.45. The van der Waals surface area contributed by atoms with E-state index in [-0.39, 0.29) is 5.82 Å². The smallest absolute Gasteiger partial charge is 0.129 e. The first-order valence-electron chi connectivity index (χ1n) is 5.45. The van der Waals surface area contributed by atoms with Crippen molar-refractivity contribution in [1.29, 1.82) is 0 Å². The highest BCUT2D eigenvalue weighted by Crippen LogP contribution is 2.30. The van der Waals surface area contributed by atoms with E-state index in [9.17, 15) is 4.39 Å². The third-order valence-corrected chi connectivity index (χ3v) is 3.97. The molecule has 0 heterocycles. The molecule has 2 aromatic rings. The van der Waals surface area contributed by atoms with Crippen LogP contribution in [0.25, 0.3) is 0 Å². The van der Waals surface area contributed by atoms with Crippen LogP contribution in [0, 0.1) is 12.7 Å². The van der Waals surface area contributed by atoms with Gasteiger partial charge < -0.3 is 5.73 Å². The standard InChI is InChI=1S/C14H12BrClFN/c1-8-3-2-4-9(5-8)14(18)10-6-12(16)11(15)7-13(10)17/h2-7,14H,18H2,1H3. The minimum Gasteiger partial charge on any atom is -0.320 e. The minimum atomic E-state index is -0.518. The molecular formula is C14H12BrClFN. The second kappa shape index (κ2) is 5.39. The van der Waals surface area contributed by atoms with E-state index in [0.29, 0.717) is 15.1 Å². The molecule has 1 atom stereocenters. The molecule has 2 N–H and O–H groups in total. The Balaban J connectivity index is 2.46. The molecule has 0 aliphatic heterocycles. The van der Waals surface area contributed by atoms with Crippen LogP contribution in [0.4, 0.5) is 4.39 Å². The number of benzene rings is 2. The van der Waals surface area contributed by atoms with Gasteiger partial charge in [0.15, 0.2) is 0 Å². The molecule has 2 rings (SSSR count). The predicted molar refractivity (Wildman–Crippen MR) is 76.3 cm³/mol. The molecule has 1 nitrogen and oxygen atoms in total. The van der Waals surface area contributed by atoms with E-state index in [4.69, 9.17) is 17.3 Å².